The van der Waals surface area contributed by atoms with E-state index in [1.165, 1.54) is 6.20 Å². The third kappa shape index (κ3) is 2.94. The predicted octanol–water partition coefficient (Wildman–Crippen LogP) is 1.47. The van der Waals surface area contributed by atoms with Crippen molar-refractivity contribution in [3.8, 4) is 0 Å². The van der Waals surface area contributed by atoms with E-state index >= 15 is 0 Å². The van der Waals surface area contributed by atoms with Gasteiger partial charge in [-0.1, -0.05) is 20.3 Å². The number of nitrogens with one attached hydrogen (secondary N) is 2. The van der Waals surface area contributed by atoms with Crippen LogP contribution in [0.5, 0.6) is 0 Å². The van der Waals surface area contributed by atoms with E-state index in [-0.39, 0.29) is 11.1 Å². The van der Waals surface area contributed by atoms with Crippen molar-refractivity contribution in [1.29, 1.82) is 0 Å². The van der Waals surface area contributed by atoms with E-state index in [0.717, 1.165) is 19.3 Å². The van der Waals surface area contributed by atoms with Crippen molar-refractivity contribution in [1.82, 2.24) is 9.71 Å². The second-order valence-electron chi connectivity index (χ2n) is 5.33. The molecule has 112 valence electrons. The molecule has 1 aliphatic rings. The maximum absolute atomic E-state index is 12.4. The monoisotopic (exact) mass is 298 g/mol. The minimum atomic E-state index is -3.65. The minimum absolute atomic E-state index is 0.0300. The van der Waals surface area contributed by atoms with E-state index in [4.69, 9.17) is 5.84 Å². The first-order chi connectivity index (χ1) is 9.49. The molecule has 7 heteroatoms. The van der Waals surface area contributed by atoms with Crippen molar-refractivity contribution < 1.29 is 8.42 Å². The van der Waals surface area contributed by atoms with Crippen LogP contribution in [-0.4, -0.2) is 19.4 Å². The van der Waals surface area contributed by atoms with Crippen molar-refractivity contribution in [3.63, 3.8) is 0 Å². The highest BCUT2D eigenvalue weighted by Gasteiger charge is 2.35. The zero-order valence-corrected chi connectivity index (χ0v) is 12.7. The third-order valence-electron chi connectivity index (χ3n) is 4.24. The van der Waals surface area contributed by atoms with Crippen LogP contribution in [0.2, 0.25) is 0 Å². The molecule has 6 nitrogen and oxygen atoms in total. The molecule has 3 atom stereocenters. The Morgan fingerprint density at radius 1 is 1.45 bits per heavy atom. The van der Waals surface area contributed by atoms with Crippen molar-refractivity contribution >= 4 is 15.7 Å². The number of nitrogens with zero attached hydrogens (tertiary/aromatic N) is 1. The molecule has 0 spiro atoms. The topological polar surface area (TPSA) is 97.1 Å². The molecule has 1 fully saturated rings. The molecule has 2 rings (SSSR count). The second-order valence-corrected chi connectivity index (χ2v) is 6.96. The quantitative estimate of drug-likeness (QED) is 0.565. The number of hydrogen-bond donors (Lipinski definition) is 3. The summed E-state index contributed by atoms with van der Waals surface area (Å²) in [5.41, 5.74) is 2.68. The molecule has 1 saturated carbocycles. The summed E-state index contributed by atoms with van der Waals surface area (Å²) in [5, 5.41) is -0.0466. The van der Waals surface area contributed by atoms with Gasteiger partial charge in [-0.25, -0.2) is 18.1 Å². The molecule has 0 saturated heterocycles. The zero-order valence-electron chi connectivity index (χ0n) is 11.8. The van der Waals surface area contributed by atoms with E-state index < -0.39 is 10.0 Å². The summed E-state index contributed by atoms with van der Waals surface area (Å²) in [6, 6.07) is 3.20. The van der Waals surface area contributed by atoms with E-state index in [1.54, 1.807) is 12.1 Å². The van der Waals surface area contributed by atoms with Gasteiger partial charge in [0.25, 0.3) is 10.0 Å². The third-order valence-corrected chi connectivity index (χ3v) is 5.69. The summed E-state index contributed by atoms with van der Waals surface area (Å²) in [4.78, 5) is 3.93. The first-order valence-corrected chi connectivity index (χ1v) is 8.42. The number of hydrazine groups is 1. The molecule has 1 aromatic heterocycles. The smallest absolute Gasteiger partial charge is 0.260 e. The number of rotatable bonds is 5. The minimum Gasteiger partial charge on any atom is -0.321 e. The van der Waals surface area contributed by atoms with Crippen LogP contribution in [0.4, 0.5) is 5.69 Å². The number of nitrogens with two attached hydrogens (primary N) is 1. The normalized spacial score (nSPS) is 26.6. The van der Waals surface area contributed by atoms with Crippen LogP contribution in [0.1, 0.15) is 33.1 Å². The highest BCUT2D eigenvalue weighted by molar-refractivity contribution is 7.89. The lowest BCUT2D eigenvalue weighted by atomic mass is 9.94. The lowest BCUT2D eigenvalue weighted by molar-refractivity contribution is 0.368. The van der Waals surface area contributed by atoms with Gasteiger partial charge < -0.3 is 5.43 Å². The van der Waals surface area contributed by atoms with Gasteiger partial charge in [0.05, 0.1) is 5.69 Å². The Labute approximate surface area is 120 Å². The SMILES string of the molecule is CCC1CCC(NS(=O)(=O)c2ncccc2NN)C1C. The number of aromatic nitrogens is 1. The summed E-state index contributed by atoms with van der Waals surface area (Å²) in [6.45, 7) is 4.25. The lowest BCUT2D eigenvalue weighted by Gasteiger charge is -2.21. The van der Waals surface area contributed by atoms with E-state index in [2.05, 4.69) is 29.0 Å². The van der Waals surface area contributed by atoms with Gasteiger partial charge in [0.15, 0.2) is 5.03 Å². The highest BCUT2D eigenvalue weighted by Crippen LogP contribution is 2.34. The van der Waals surface area contributed by atoms with Crippen LogP contribution in [0.25, 0.3) is 0 Å². The molecule has 20 heavy (non-hydrogen) atoms. The first kappa shape index (κ1) is 15.2. The van der Waals surface area contributed by atoms with E-state index in [1.807, 2.05) is 0 Å². The number of nitrogen functional groups attached to an aromatic ring is 1. The van der Waals surface area contributed by atoms with Crippen LogP contribution < -0.4 is 16.0 Å². The number of hydrogen-bond acceptors (Lipinski definition) is 5. The molecule has 0 aliphatic heterocycles. The fourth-order valence-corrected chi connectivity index (χ4v) is 4.42. The van der Waals surface area contributed by atoms with Crippen LogP contribution in [-0.2, 0) is 10.0 Å². The fourth-order valence-electron chi connectivity index (χ4n) is 2.96. The lowest BCUT2D eigenvalue weighted by Crippen LogP contribution is -2.38. The molecule has 0 amide bonds. The summed E-state index contributed by atoms with van der Waals surface area (Å²) < 4.78 is 27.7. The van der Waals surface area contributed by atoms with Crippen LogP contribution in [0.3, 0.4) is 0 Å². The zero-order chi connectivity index (χ0) is 14.8. The van der Waals surface area contributed by atoms with Crippen molar-refractivity contribution in [2.24, 2.45) is 17.7 Å². The molecule has 0 radical (unpaired) electrons. The highest BCUT2D eigenvalue weighted by atomic mass is 32.2. The van der Waals surface area contributed by atoms with Gasteiger partial charge in [0.1, 0.15) is 0 Å². The summed E-state index contributed by atoms with van der Waals surface area (Å²) in [7, 11) is -3.65. The van der Waals surface area contributed by atoms with Gasteiger partial charge in [-0.15, -0.1) is 0 Å². The standard InChI is InChI=1S/C13H22N4O2S/c1-3-10-6-7-11(9(10)2)17-20(18,19)13-12(16-14)5-4-8-15-13/h4-5,8-11,16-17H,3,6-7,14H2,1-2H3. The molecule has 3 unspecified atom stereocenters. The molecule has 0 bridgehead atoms. The average Bonchev–Trinajstić information content (AvgIpc) is 2.79. The fraction of sp³-hybridized carbons (Fsp3) is 0.615. The van der Waals surface area contributed by atoms with Crippen molar-refractivity contribution in [2.45, 2.75) is 44.2 Å². The summed E-state index contributed by atoms with van der Waals surface area (Å²) in [6.07, 6.45) is 4.47. The molecule has 1 aliphatic carbocycles. The Kier molecular flexibility index (Phi) is 4.62. The number of pyridine rings is 1. The van der Waals surface area contributed by atoms with Crippen LogP contribution in [0.15, 0.2) is 23.4 Å². The molecule has 4 N–H and O–H groups in total. The van der Waals surface area contributed by atoms with Gasteiger partial charge >= 0.3 is 0 Å². The first-order valence-electron chi connectivity index (χ1n) is 6.93. The van der Waals surface area contributed by atoms with Crippen LogP contribution in [0, 0.1) is 11.8 Å². The predicted molar refractivity (Wildman–Crippen MR) is 78.3 cm³/mol. The van der Waals surface area contributed by atoms with E-state index in [9.17, 15) is 8.42 Å². The second kappa shape index (κ2) is 6.07. The Hall–Kier alpha value is -1.18. The van der Waals surface area contributed by atoms with Gasteiger partial charge in [-0.3, -0.25) is 5.84 Å². The molecular formula is C13H22N4O2S. The number of anilines is 1. The van der Waals surface area contributed by atoms with E-state index in [0.29, 0.717) is 17.5 Å². The molecular weight excluding hydrogens is 276 g/mol. The largest absolute Gasteiger partial charge is 0.321 e. The van der Waals surface area contributed by atoms with Gasteiger partial charge in [0.2, 0.25) is 0 Å². The van der Waals surface area contributed by atoms with Crippen molar-refractivity contribution in [3.05, 3.63) is 18.3 Å². The molecule has 1 heterocycles. The van der Waals surface area contributed by atoms with Gasteiger partial charge in [0, 0.05) is 12.2 Å². The molecule has 0 aromatic carbocycles. The van der Waals surface area contributed by atoms with Gasteiger partial charge in [-0.05, 0) is 36.8 Å². The Morgan fingerprint density at radius 3 is 2.80 bits per heavy atom. The summed E-state index contributed by atoms with van der Waals surface area (Å²) >= 11 is 0. The average molecular weight is 298 g/mol. The Morgan fingerprint density at radius 2 is 2.20 bits per heavy atom. The maximum atomic E-state index is 12.4. The Bertz CT molecular complexity index is 561. The van der Waals surface area contributed by atoms with Crippen molar-refractivity contribution in [2.75, 3.05) is 5.43 Å². The Balaban J connectivity index is 2.20. The summed E-state index contributed by atoms with van der Waals surface area (Å²) in [5.74, 6) is 6.27. The number of sulfonamides is 1. The molecule has 1 aromatic rings. The van der Waals surface area contributed by atoms with Gasteiger partial charge in [-0.2, -0.15) is 0 Å². The van der Waals surface area contributed by atoms with Crippen LogP contribution >= 0.6 is 0 Å². The maximum Gasteiger partial charge on any atom is 0.260 e.